The molecule has 1 aliphatic heterocycles. The van der Waals surface area contributed by atoms with E-state index in [9.17, 15) is 0 Å². The molecule has 0 aliphatic carbocycles. The molecule has 1 aromatic carbocycles. The fourth-order valence-electron chi connectivity index (χ4n) is 1.87. The number of rotatable bonds is 1. The van der Waals surface area contributed by atoms with Crippen molar-refractivity contribution in [2.75, 3.05) is 31.6 Å². The summed E-state index contributed by atoms with van der Waals surface area (Å²) < 4.78 is 0. The predicted molar refractivity (Wildman–Crippen MR) is 59.6 cm³/mol. The Labute approximate surface area is 86.1 Å². The van der Waals surface area contributed by atoms with Gasteiger partial charge in [0.2, 0.25) is 0 Å². The molecule has 0 aromatic heterocycles. The molecule has 0 saturated carbocycles. The van der Waals surface area contributed by atoms with Gasteiger partial charge < -0.3 is 9.80 Å². The highest BCUT2D eigenvalue weighted by atomic mass is 15.3. The van der Waals surface area contributed by atoms with E-state index in [1.54, 1.807) is 0 Å². The fraction of sp³-hybridized carbons (Fsp3) is 0.500. The van der Waals surface area contributed by atoms with Crippen LogP contribution in [0.15, 0.2) is 24.3 Å². The number of hydrogen-bond acceptors (Lipinski definition) is 2. The Bertz CT molecular complexity index is 284. The maximum atomic E-state index is 3.05. The summed E-state index contributed by atoms with van der Waals surface area (Å²) in [5.41, 5.74) is 1.32. The van der Waals surface area contributed by atoms with Gasteiger partial charge in [-0.2, -0.15) is 0 Å². The van der Waals surface area contributed by atoms with Crippen molar-refractivity contribution in [3.05, 3.63) is 30.3 Å². The van der Waals surface area contributed by atoms with Gasteiger partial charge in [0.05, 0.1) is 0 Å². The summed E-state index contributed by atoms with van der Waals surface area (Å²) in [4.78, 5) is 4.85. The first-order valence-corrected chi connectivity index (χ1v) is 5.18. The van der Waals surface area contributed by atoms with E-state index >= 15 is 0 Å². The van der Waals surface area contributed by atoms with Crippen LogP contribution in [0.5, 0.6) is 0 Å². The molecule has 1 atom stereocenters. The molecule has 1 unspecified atom stereocenters. The second kappa shape index (κ2) is 4.01. The molecule has 2 nitrogen and oxygen atoms in total. The first-order valence-electron chi connectivity index (χ1n) is 5.18. The number of benzene rings is 1. The van der Waals surface area contributed by atoms with E-state index in [-0.39, 0.29) is 0 Å². The topological polar surface area (TPSA) is 6.48 Å². The standard InChI is InChI=1S/C12H17N2/c1-11-10-14(9-8-13(11)2)12-6-4-3-5-7-12/h4-7,11H,8-10H2,1-2H3. The van der Waals surface area contributed by atoms with Crippen LogP contribution in [0.2, 0.25) is 0 Å². The molecule has 0 bridgehead atoms. The van der Waals surface area contributed by atoms with E-state index in [1.165, 1.54) is 5.69 Å². The molecular weight excluding hydrogens is 172 g/mol. The smallest absolute Gasteiger partial charge is 0.0367 e. The molecule has 2 heteroatoms. The third kappa shape index (κ3) is 1.90. The van der Waals surface area contributed by atoms with Gasteiger partial charge in [-0.25, -0.2) is 0 Å². The lowest BCUT2D eigenvalue weighted by Crippen LogP contribution is -2.50. The molecule has 0 spiro atoms. The average molecular weight is 189 g/mol. The van der Waals surface area contributed by atoms with Crippen LogP contribution in [-0.4, -0.2) is 37.6 Å². The lowest BCUT2D eigenvalue weighted by atomic mass is 10.2. The zero-order valence-electron chi connectivity index (χ0n) is 8.90. The van der Waals surface area contributed by atoms with E-state index in [2.05, 4.69) is 42.0 Å². The van der Waals surface area contributed by atoms with Crippen LogP contribution in [-0.2, 0) is 0 Å². The molecule has 1 saturated heterocycles. The average Bonchev–Trinajstić information content (AvgIpc) is 2.23. The van der Waals surface area contributed by atoms with E-state index in [1.807, 2.05) is 12.1 Å². The van der Waals surface area contributed by atoms with Crippen molar-refractivity contribution in [2.24, 2.45) is 0 Å². The minimum Gasteiger partial charge on any atom is -0.369 e. The van der Waals surface area contributed by atoms with Crippen LogP contribution in [0.3, 0.4) is 0 Å². The van der Waals surface area contributed by atoms with Crippen molar-refractivity contribution in [3.63, 3.8) is 0 Å². The molecule has 0 amide bonds. The number of nitrogens with zero attached hydrogens (tertiary/aromatic N) is 2. The Morgan fingerprint density at radius 2 is 2.00 bits per heavy atom. The Morgan fingerprint density at radius 3 is 2.64 bits per heavy atom. The van der Waals surface area contributed by atoms with Gasteiger partial charge in [-0.15, -0.1) is 0 Å². The Kier molecular flexibility index (Phi) is 2.73. The summed E-state index contributed by atoms with van der Waals surface area (Å²) >= 11 is 0. The van der Waals surface area contributed by atoms with Crippen molar-refractivity contribution < 1.29 is 0 Å². The summed E-state index contributed by atoms with van der Waals surface area (Å²) in [6.07, 6.45) is 0. The van der Waals surface area contributed by atoms with E-state index in [0.29, 0.717) is 6.04 Å². The van der Waals surface area contributed by atoms with Gasteiger partial charge >= 0.3 is 0 Å². The van der Waals surface area contributed by atoms with Crippen molar-refractivity contribution in [1.29, 1.82) is 0 Å². The van der Waals surface area contributed by atoms with Gasteiger partial charge in [0, 0.05) is 31.4 Å². The van der Waals surface area contributed by atoms with Gasteiger partial charge in [0.15, 0.2) is 0 Å². The highest BCUT2D eigenvalue weighted by molar-refractivity contribution is 5.46. The van der Waals surface area contributed by atoms with Gasteiger partial charge in [-0.1, -0.05) is 12.1 Å². The first-order chi connectivity index (χ1) is 6.77. The van der Waals surface area contributed by atoms with Crippen LogP contribution >= 0.6 is 0 Å². The van der Waals surface area contributed by atoms with Crippen molar-refractivity contribution >= 4 is 5.69 Å². The van der Waals surface area contributed by atoms with Crippen LogP contribution in [0.25, 0.3) is 0 Å². The first kappa shape index (κ1) is 9.53. The number of anilines is 1. The summed E-state index contributed by atoms with van der Waals surface area (Å²) in [7, 11) is 2.20. The second-order valence-electron chi connectivity index (χ2n) is 4.03. The van der Waals surface area contributed by atoms with Gasteiger partial charge in [-0.05, 0) is 32.2 Å². The minimum atomic E-state index is 0.646. The molecule has 0 N–H and O–H groups in total. The quantitative estimate of drug-likeness (QED) is 0.662. The SMILES string of the molecule is CC1CN(c2cc[c]cc2)CCN1C. The van der Waals surface area contributed by atoms with E-state index in [0.717, 1.165) is 19.6 Å². The molecular formula is C12H17N2. The van der Waals surface area contributed by atoms with E-state index < -0.39 is 0 Å². The second-order valence-corrected chi connectivity index (χ2v) is 4.03. The zero-order chi connectivity index (χ0) is 9.97. The predicted octanol–water partition coefficient (Wildman–Crippen LogP) is 1.63. The number of hydrogen-bond donors (Lipinski definition) is 0. The molecule has 1 aliphatic rings. The molecule has 2 rings (SSSR count). The van der Waals surface area contributed by atoms with Crippen molar-refractivity contribution in [2.45, 2.75) is 13.0 Å². The molecule has 1 fully saturated rings. The zero-order valence-corrected chi connectivity index (χ0v) is 8.90. The minimum absolute atomic E-state index is 0.646. The van der Waals surface area contributed by atoms with Crippen LogP contribution in [0.4, 0.5) is 5.69 Å². The maximum Gasteiger partial charge on any atom is 0.0367 e. The van der Waals surface area contributed by atoms with Crippen LogP contribution < -0.4 is 4.90 Å². The highest BCUT2D eigenvalue weighted by Gasteiger charge is 2.20. The molecule has 1 aromatic rings. The van der Waals surface area contributed by atoms with Crippen LogP contribution in [0.1, 0.15) is 6.92 Å². The summed E-state index contributed by atoms with van der Waals surface area (Å²) in [6.45, 7) is 5.69. The third-order valence-electron chi connectivity index (χ3n) is 3.03. The highest BCUT2D eigenvalue weighted by Crippen LogP contribution is 2.17. The summed E-state index contributed by atoms with van der Waals surface area (Å²) in [5, 5.41) is 0. The van der Waals surface area contributed by atoms with Crippen LogP contribution in [0, 0.1) is 6.07 Å². The molecule has 14 heavy (non-hydrogen) atoms. The number of piperazine rings is 1. The lowest BCUT2D eigenvalue weighted by Gasteiger charge is -2.39. The third-order valence-corrected chi connectivity index (χ3v) is 3.03. The molecule has 1 radical (unpaired) electrons. The Hall–Kier alpha value is -1.02. The normalized spacial score (nSPS) is 23.9. The van der Waals surface area contributed by atoms with Crippen molar-refractivity contribution in [3.8, 4) is 0 Å². The maximum absolute atomic E-state index is 3.05. The van der Waals surface area contributed by atoms with Gasteiger partial charge in [-0.3, -0.25) is 0 Å². The monoisotopic (exact) mass is 189 g/mol. The van der Waals surface area contributed by atoms with Crippen molar-refractivity contribution in [1.82, 2.24) is 4.90 Å². The number of likely N-dealkylation sites (N-methyl/N-ethyl adjacent to an activating group) is 1. The van der Waals surface area contributed by atoms with Gasteiger partial charge in [0.1, 0.15) is 0 Å². The van der Waals surface area contributed by atoms with E-state index in [4.69, 9.17) is 0 Å². The lowest BCUT2D eigenvalue weighted by molar-refractivity contribution is 0.234. The Balaban J connectivity index is 2.07. The largest absolute Gasteiger partial charge is 0.369 e. The van der Waals surface area contributed by atoms with Gasteiger partial charge in [0.25, 0.3) is 0 Å². The summed E-state index contributed by atoms with van der Waals surface area (Å²) in [5.74, 6) is 0. The molecule has 75 valence electrons. The summed E-state index contributed by atoms with van der Waals surface area (Å²) in [6, 6.07) is 11.9. The molecule has 1 heterocycles. The fourth-order valence-corrected chi connectivity index (χ4v) is 1.87. The Morgan fingerprint density at radius 1 is 1.29 bits per heavy atom.